The summed E-state index contributed by atoms with van der Waals surface area (Å²) in [7, 11) is 0. The Bertz CT molecular complexity index is 372. The third-order valence-corrected chi connectivity index (χ3v) is 4.39. The fourth-order valence-electron chi connectivity index (χ4n) is 2.78. The molecule has 0 radical (unpaired) electrons. The number of aliphatic hydroxyl groups excluding tert-OH is 1. The maximum Gasteiger partial charge on any atom is 0.0465 e. The molecule has 1 aromatic rings. The molecule has 94 valence electrons. The van der Waals surface area contributed by atoms with Gasteiger partial charge in [-0.05, 0) is 36.0 Å². The molecule has 17 heavy (non-hydrogen) atoms. The second-order valence-corrected chi connectivity index (χ2v) is 5.77. The molecule has 1 saturated carbocycles. The van der Waals surface area contributed by atoms with E-state index in [9.17, 15) is 5.11 Å². The summed E-state index contributed by atoms with van der Waals surface area (Å²) in [6.07, 6.45) is 5.95. The molecular formula is C14H18Cl2O. The Morgan fingerprint density at radius 1 is 1.24 bits per heavy atom. The van der Waals surface area contributed by atoms with E-state index in [0.29, 0.717) is 21.9 Å². The zero-order valence-electron chi connectivity index (χ0n) is 9.83. The van der Waals surface area contributed by atoms with Crippen LogP contribution in [-0.4, -0.2) is 11.7 Å². The molecule has 1 aliphatic rings. The van der Waals surface area contributed by atoms with Gasteiger partial charge in [-0.2, -0.15) is 0 Å². The van der Waals surface area contributed by atoms with Crippen LogP contribution in [0.4, 0.5) is 0 Å². The standard InChI is InChI=1S/C14H18Cl2O/c15-13-6-5-11(14(16)8-13)7-12(9-17)10-3-1-2-4-10/h5-6,8,10,12,17H,1-4,7,9H2. The van der Waals surface area contributed by atoms with Crippen molar-refractivity contribution in [3.63, 3.8) is 0 Å². The number of aliphatic hydroxyl groups is 1. The first kappa shape index (κ1) is 13.2. The van der Waals surface area contributed by atoms with E-state index in [1.807, 2.05) is 12.1 Å². The Labute approximate surface area is 113 Å². The van der Waals surface area contributed by atoms with Gasteiger partial charge in [-0.15, -0.1) is 0 Å². The highest BCUT2D eigenvalue weighted by molar-refractivity contribution is 6.35. The van der Waals surface area contributed by atoms with Gasteiger partial charge in [0.2, 0.25) is 0 Å². The van der Waals surface area contributed by atoms with E-state index in [-0.39, 0.29) is 6.61 Å². The van der Waals surface area contributed by atoms with Gasteiger partial charge in [0.25, 0.3) is 0 Å². The summed E-state index contributed by atoms with van der Waals surface area (Å²) in [6.45, 7) is 0.254. The quantitative estimate of drug-likeness (QED) is 0.865. The van der Waals surface area contributed by atoms with E-state index in [1.165, 1.54) is 25.7 Å². The summed E-state index contributed by atoms with van der Waals surface area (Å²) in [6, 6.07) is 5.62. The van der Waals surface area contributed by atoms with Gasteiger partial charge in [0.1, 0.15) is 0 Å². The van der Waals surface area contributed by atoms with Crippen LogP contribution in [0.2, 0.25) is 10.0 Å². The van der Waals surface area contributed by atoms with Gasteiger partial charge >= 0.3 is 0 Å². The first-order valence-corrected chi connectivity index (χ1v) is 7.01. The Balaban J connectivity index is 2.06. The van der Waals surface area contributed by atoms with Crippen molar-refractivity contribution in [1.82, 2.24) is 0 Å². The minimum Gasteiger partial charge on any atom is -0.396 e. The normalized spacial score (nSPS) is 18.5. The van der Waals surface area contributed by atoms with Crippen molar-refractivity contribution in [2.24, 2.45) is 11.8 Å². The summed E-state index contributed by atoms with van der Waals surface area (Å²) in [4.78, 5) is 0. The van der Waals surface area contributed by atoms with Crippen molar-refractivity contribution in [1.29, 1.82) is 0 Å². The maximum absolute atomic E-state index is 9.52. The van der Waals surface area contributed by atoms with Crippen LogP contribution in [0.1, 0.15) is 31.2 Å². The largest absolute Gasteiger partial charge is 0.396 e. The zero-order chi connectivity index (χ0) is 12.3. The number of halogens is 2. The Morgan fingerprint density at radius 3 is 2.53 bits per heavy atom. The SMILES string of the molecule is OCC(Cc1ccc(Cl)cc1Cl)C1CCCC1. The molecule has 1 unspecified atom stereocenters. The molecule has 0 aliphatic heterocycles. The molecule has 1 N–H and O–H groups in total. The molecule has 2 rings (SSSR count). The lowest BCUT2D eigenvalue weighted by Crippen LogP contribution is -2.18. The highest BCUT2D eigenvalue weighted by Gasteiger charge is 2.25. The van der Waals surface area contributed by atoms with E-state index in [4.69, 9.17) is 23.2 Å². The van der Waals surface area contributed by atoms with Crippen LogP contribution in [0.5, 0.6) is 0 Å². The molecule has 0 aromatic heterocycles. The first-order chi connectivity index (χ1) is 8.20. The van der Waals surface area contributed by atoms with Crippen LogP contribution in [0.25, 0.3) is 0 Å². The van der Waals surface area contributed by atoms with Crippen LogP contribution < -0.4 is 0 Å². The summed E-state index contributed by atoms with van der Waals surface area (Å²) in [5.41, 5.74) is 1.10. The molecule has 1 fully saturated rings. The highest BCUT2D eigenvalue weighted by Crippen LogP contribution is 2.34. The summed E-state index contributed by atoms with van der Waals surface area (Å²) >= 11 is 12.1. The van der Waals surface area contributed by atoms with Crippen molar-refractivity contribution in [2.45, 2.75) is 32.1 Å². The third kappa shape index (κ3) is 3.37. The van der Waals surface area contributed by atoms with E-state index in [0.717, 1.165) is 12.0 Å². The van der Waals surface area contributed by atoms with E-state index >= 15 is 0 Å². The van der Waals surface area contributed by atoms with E-state index in [1.54, 1.807) is 6.07 Å². The molecule has 3 heteroatoms. The van der Waals surface area contributed by atoms with Crippen molar-refractivity contribution < 1.29 is 5.11 Å². The smallest absolute Gasteiger partial charge is 0.0465 e. The van der Waals surface area contributed by atoms with Crippen LogP contribution in [0.15, 0.2) is 18.2 Å². The molecule has 1 atom stereocenters. The molecule has 0 spiro atoms. The van der Waals surface area contributed by atoms with Crippen molar-refractivity contribution in [3.8, 4) is 0 Å². The molecule has 1 nitrogen and oxygen atoms in total. The predicted molar refractivity (Wildman–Crippen MR) is 72.7 cm³/mol. The van der Waals surface area contributed by atoms with Gasteiger partial charge in [0.05, 0.1) is 0 Å². The molecule has 0 bridgehead atoms. The summed E-state index contributed by atoms with van der Waals surface area (Å²) < 4.78 is 0. The van der Waals surface area contributed by atoms with Crippen molar-refractivity contribution >= 4 is 23.2 Å². The molecule has 1 aromatic carbocycles. The monoisotopic (exact) mass is 272 g/mol. The van der Waals surface area contributed by atoms with Crippen LogP contribution >= 0.6 is 23.2 Å². The van der Waals surface area contributed by atoms with Gasteiger partial charge in [0, 0.05) is 16.7 Å². The van der Waals surface area contributed by atoms with Crippen LogP contribution in [0, 0.1) is 11.8 Å². The maximum atomic E-state index is 9.52. The Kier molecular flexibility index (Phi) is 4.72. The van der Waals surface area contributed by atoms with Crippen LogP contribution in [-0.2, 0) is 6.42 Å². The van der Waals surface area contributed by atoms with E-state index in [2.05, 4.69) is 0 Å². The fraction of sp³-hybridized carbons (Fsp3) is 0.571. The Hall–Kier alpha value is -0.240. The van der Waals surface area contributed by atoms with Gasteiger partial charge < -0.3 is 5.11 Å². The second-order valence-electron chi connectivity index (χ2n) is 4.93. The van der Waals surface area contributed by atoms with E-state index < -0.39 is 0 Å². The lowest BCUT2D eigenvalue weighted by molar-refractivity contribution is 0.176. The van der Waals surface area contributed by atoms with Gasteiger partial charge in [-0.25, -0.2) is 0 Å². The molecule has 0 amide bonds. The lowest BCUT2D eigenvalue weighted by atomic mass is 9.86. The average molecular weight is 273 g/mol. The molecule has 0 saturated heterocycles. The fourth-order valence-corrected chi connectivity index (χ4v) is 3.26. The minimum atomic E-state index is 0.254. The number of hydrogen-bond donors (Lipinski definition) is 1. The Morgan fingerprint density at radius 2 is 1.94 bits per heavy atom. The van der Waals surface area contributed by atoms with Gasteiger partial charge in [0.15, 0.2) is 0 Å². The summed E-state index contributed by atoms with van der Waals surface area (Å²) in [5, 5.41) is 10.9. The molecule has 1 aliphatic carbocycles. The van der Waals surface area contributed by atoms with Crippen molar-refractivity contribution in [3.05, 3.63) is 33.8 Å². The zero-order valence-corrected chi connectivity index (χ0v) is 11.3. The number of rotatable bonds is 4. The average Bonchev–Trinajstić information content (AvgIpc) is 2.81. The van der Waals surface area contributed by atoms with Crippen molar-refractivity contribution in [2.75, 3.05) is 6.61 Å². The first-order valence-electron chi connectivity index (χ1n) is 6.25. The lowest BCUT2D eigenvalue weighted by Gasteiger charge is -2.21. The number of benzene rings is 1. The minimum absolute atomic E-state index is 0.254. The predicted octanol–water partition coefficient (Wildman–Crippen LogP) is 4.33. The van der Waals surface area contributed by atoms with Gasteiger partial charge in [-0.3, -0.25) is 0 Å². The van der Waals surface area contributed by atoms with Crippen LogP contribution in [0.3, 0.4) is 0 Å². The summed E-state index contributed by atoms with van der Waals surface area (Å²) in [5.74, 6) is 1.00. The highest BCUT2D eigenvalue weighted by atomic mass is 35.5. The number of hydrogen-bond acceptors (Lipinski definition) is 1. The topological polar surface area (TPSA) is 20.2 Å². The third-order valence-electron chi connectivity index (χ3n) is 3.80. The molecule has 0 heterocycles. The second kappa shape index (κ2) is 6.08. The molecular weight excluding hydrogens is 255 g/mol. The van der Waals surface area contributed by atoms with Gasteiger partial charge in [-0.1, -0.05) is 55.0 Å².